The summed E-state index contributed by atoms with van der Waals surface area (Å²) in [6, 6.07) is 6.48. The molecule has 0 unspecified atom stereocenters. The second kappa shape index (κ2) is 6.93. The summed E-state index contributed by atoms with van der Waals surface area (Å²) in [5.74, 6) is 0.500. The molecule has 1 atom stereocenters. The van der Waals surface area contributed by atoms with Crippen LogP contribution in [0.25, 0.3) is 0 Å². The van der Waals surface area contributed by atoms with E-state index in [1.165, 1.54) is 24.4 Å². The van der Waals surface area contributed by atoms with Crippen molar-refractivity contribution in [1.29, 1.82) is 0 Å². The molecule has 2 aliphatic rings. The smallest absolute Gasteiger partial charge is 0.243 e. The van der Waals surface area contributed by atoms with Crippen LogP contribution in [0, 0.1) is 0 Å². The summed E-state index contributed by atoms with van der Waals surface area (Å²) in [6.45, 7) is 3.67. The molecule has 1 spiro atoms. The monoisotopic (exact) mass is 368 g/mol. The highest BCUT2D eigenvalue weighted by Gasteiger charge is 2.44. The Morgan fingerprint density at radius 2 is 2.08 bits per heavy atom. The van der Waals surface area contributed by atoms with Crippen molar-refractivity contribution in [2.45, 2.75) is 30.3 Å². The molecule has 0 aromatic heterocycles. The van der Waals surface area contributed by atoms with E-state index in [0.29, 0.717) is 38.4 Å². The Hall–Kier alpha value is -1.64. The Balaban J connectivity index is 1.84. The van der Waals surface area contributed by atoms with Gasteiger partial charge in [-0.05, 0) is 25.0 Å². The zero-order valence-electron chi connectivity index (χ0n) is 14.6. The lowest BCUT2D eigenvalue weighted by molar-refractivity contribution is -0.155. The first kappa shape index (κ1) is 18.2. The summed E-state index contributed by atoms with van der Waals surface area (Å²) in [6.07, 6.45) is 1.45. The molecule has 0 N–H and O–H groups in total. The van der Waals surface area contributed by atoms with Crippen LogP contribution in [0.2, 0.25) is 0 Å². The van der Waals surface area contributed by atoms with E-state index in [0.717, 1.165) is 6.42 Å². The van der Waals surface area contributed by atoms with Crippen LogP contribution < -0.4 is 4.74 Å². The van der Waals surface area contributed by atoms with Crippen molar-refractivity contribution >= 4 is 15.9 Å². The predicted molar refractivity (Wildman–Crippen MR) is 91.9 cm³/mol. The molecule has 1 aromatic rings. The van der Waals surface area contributed by atoms with E-state index in [2.05, 4.69) is 0 Å². The first-order valence-corrected chi connectivity index (χ1v) is 9.84. The van der Waals surface area contributed by atoms with Gasteiger partial charge in [0.1, 0.15) is 5.75 Å². The number of methoxy groups -OCH3 is 1. The van der Waals surface area contributed by atoms with Gasteiger partial charge in [-0.1, -0.05) is 6.07 Å². The van der Waals surface area contributed by atoms with Gasteiger partial charge in [-0.3, -0.25) is 4.79 Å². The van der Waals surface area contributed by atoms with Crippen LogP contribution in [0.5, 0.6) is 5.75 Å². The molecule has 2 heterocycles. The van der Waals surface area contributed by atoms with Gasteiger partial charge in [-0.25, -0.2) is 8.42 Å². The number of nitrogens with zero attached hydrogens (tertiary/aromatic N) is 2. The molecule has 0 aliphatic carbocycles. The lowest BCUT2D eigenvalue weighted by atomic mass is 9.92. The van der Waals surface area contributed by atoms with Gasteiger partial charge in [0, 0.05) is 32.6 Å². The largest absolute Gasteiger partial charge is 0.497 e. The topological polar surface area (TPSA) is 76.2 Å². The van der Waals surface area contributed by atoms with E-state index in [4.69, 9.17) is 9.47 Å². The van der Waals surface area contributed by atoms with Gasteiger partial charge in [-0.15, -0.1) is 0 Å². The maximum atomic E-state index is 13.0. The average molecular weight is 368 g/mol. The predicted octanol–water partition coefficient (Wildman–Crippen LogP) is 1.10. The fourth-order valence-electron chi connectivity index (χ4n) is 3.53. The van der Waals surface area contributed by atoms with Crippen LogP contribution in [0.15, 0.2) is 29.2 Å². The molecule has 1 amide bonds. The molecule has 0 radical (unpaired) electrons. The number of ether oxygens (including phenoxy) is 2. The molecule has 0 bridgehead atoms. The Morgan fingerprint density at radius 1 is 1.28 bits per heavy atom. The third kappa shape index (κ3) is 3.65. The fraction of sp³-hybridized carbons (Fsp3) is 0.588. The summed E-state index contributed by atoms with van der Waals surface area (Å²) < 4.78 is 38.6. The van der Waals surface area contributed by atoms with Gasteiger partial charge >= 0.3 is 0 Å². The Morgan fingerprint density at radius 3 is 2.80 bits per heavy atom. The van der Waals surface area contributed by atoms with E-state index in [1.807, 2.05) is 0 Å². The van der Waals surface area contributed by atoms with Gasteiger partial charge in [0.2, 0.25) is 15.9 Å². The molecule has 7 nitrogen and oxygen atoms in total. The van der Waals surface area contributed by atoms with Crippen molar-refractivity contribution in [3.05, 3.63) is 24.3 Å². The zero-order chi connectivity index (χ0) is 18.1. The SMILES string of the molecule is COc1cccc(S(=O)(=O)N2CCC[C@]3(CN(C(C)=O)CCO3)C2)c1. The van der Waals surface area contributed by atoms with Gasteiger partial charge in [0.05, 0.1) is 30.8 Å². The number of hydrogen-bond acceptors (Lipinski definition) is 5. The van der Waals surface area contributed by atoms with Crippen molar-refractivity contribution in [3.8, 4) is 5.75 Å². The highest BCUT2D eigenvalue weighted by molar-refractivity contribution is 7.89. The first-order chi connectivity index (χ1) is 11.9. The molecule has 25 heavy (non-hydrogen) atoms. The quantitative estimate of drug-likeness (QED) is 0.798. The van der Waals surface area contributed by atoms with Crippen LogP contribution in [0.4, 0.5) is 0 Å². The number of piperidine rings is 1. The third-order valence-corrected chi connectivity index (χ3v) is 6.72. The molecule has 3 rings (SSSR count). The Labute approximate surface area is 148 Å². The van der Waals surface area contributed by atoms with Crippen molar-refractivity contribution in [1.82, 2.24) is 9.21 Å². The van der Waals surface area contributed by atoms with Gasteiger partial charge in [-0.2, -0.15) is 4.31 Å². The standard InChI is InChI=1S/C17H24N2O5S/c1-14(20)18-9-10-24-17(12-18)7-4-8-19(13-17)25(21,22)16-6-3-5-15(11-16)23-2/h3,5-6,11H,4,7-10,12-13H2,1-2H3/t17-/m0/s1. The van der Waals surface area contributed by atoms with Crippen LogP contribution >= 0.6 is 0 Å². The van der Waals surface area contributed by atoms with Crippen molar-refractivity contribution in [2.75, 3.05) is 39.9 Å². The minimum Gasteiger partial charge on any atom is -0.497 e. The number of hydrogen-bond donors (Lipinski definition) is 0. The number of rotatable bonds is 3. The number of sulfonamides is 1. The Bertz CT molecular complexity index is 747. The molecule has 2 saturated heterocycles. The van der Waals surface area contributed by atoms with E-state index >= 15 is 0 Å². The normalized spacial score (nSPS) is 25.1. The van der Waals surface area contributed by atoms with E-state index in [1.54, 1.807) is 23.1 Å². The summed E-state index contributed by atoms with van der Waals surface area (Å²) >= 11 is 0. The second-order valence-corrected chi connectivity index (χ2v) is 8.53. The zero-order valence-corrected chi connectivity index (χ0v) is 15.4. The lowest BCUT2D eigenvalue weighted by Gasteiger charge is -2.47. The van der Waals surface area contributed by atoms with Gasteiger partial charge in [0.15, 0.2) is 0 Å². The number of amides is 1. The van der Waals surface area contributed by atoms with E-state index < -0.39 is 15.6 Å². The van der Waals surface area contributed by atoms with Gasteiger partial charge in [0.25, 0.3) is 0 Å². The molecule has 0 saturated carbocycles. The summed E-state index contributed by atoms with van der Waals surface area (Å²) in [5, 5.41) is 0. The molecular formula is C17H24N2O5S. The average Bonchev–Trinajstić information content (AvgIpc) is 2.62. The Kier molecular flexibility index (Phi) is 5.04. The molecule has 1 aromatic carbocycles. The first-order valence-electron chi connectivity index (χ1n) is 8.40. The van der Waals surface area contributed by atoms with E-state index in [-0.39, 0.29) is 17.3 Å². The number of benzene rings is 1. The number of morpholine rings is 1. The minimum atomic E-state index is -3.64. The summed E-state index contributed by atoms with van der Waals surface area (Å²) in [4.78, 5) is 13.7. The van der Waals surface area contributed by atoms with Gasteiger partial charge < -0.3 is 14.4 Å². The summed E-state index contributed by atoms with van der Waals surface area (Å²) in [5.41, 5.74) is -0.617. The molecule has 138 valence electrons. The number of carbonyl (C=O) groups is 1. The van der Waals surface area contributed by atoms with E-state index in [9.17, 15) is 13.2 Å². The second-order valence-electron chi connectivity index (χ2n) is 6.59. The van der Waals surface area contributed by atoms with Crippen LogP contribution in [-0.4, -0.2) is 69.0 Å². The molecule has 8 heteroatoms. The van der Waals surface area contributed by atoms with Crippen LogP contribution in [0.3, 0.4) is 0 Å². The lowest BCUT2D eigenvalue weighted by Crippen LogP contribution is -2.61. The minimum absolute atomic E-state index is 0.00421. The molecule has 2 aliphatic heterocycles. The maximum absolute atomic E-state index is 13.0. The van der Waals surface area contributed by atoms with Crippen molar-refractivity contribution in [3.63, 3.8) is 0 Å². The summed E-state index contributed by atoms with van der Waals surface area (Å²) in [7, 11) is -2.13. The van der Waals surface area contributed by atoms with Crippen molar-refractivity contribution < 1.29 is 22.7 Å². The van der Waals surface area contributed by atoms with Crippen LogP contribution in [0.1, 0.15) is 19.8 Å². The van der Waals surface area contributed by atoms with Crippen molar-refractivity contribution in [2.24, 2.45) is 0 Å². The highest BCUT2D eigenvalue weighted by atomic mass is 32.2. The molecule has 2 fully saturated rings. The molecular weight excluding hydrogens is 344 g/mol. The third-order valence-electron chi connectivity index (χ3n) is 4.88. The maximum Gasteiger partial charge on any atom is 0.243 e. The fourth-order valence-corrected chi connectivity index (χ4v) is 5.12. The number of carbonyl (C=O) groups excluding carboxylic acids is 1. The highest BCUT2D eigenvalue weighted by Crippen LogP contribution is 2.32. The van der Waals surface area contributed by atoms with Crippen LogP contribution in [-0.2, 0) is 19.6 Å².